The number of alkyl halides is 3. The summed E-state index contributed by atoms with van der Waals surface area (Å²) < 4.78 is 40.7. The molecule has 0 aromatic heterocycles. The van der Waals surface area contributed by atoms with Gasteiger partial charge in [-0.2, -0.15) is 25.8 Å². The summed E-state index contributed by atoms with van der Waals surface area (Å²) in [6.07, 6.45) is -4.81. The van der Waals surface area contributed by atoms with Gasteiger partial charge in [0.25, 0.3) is 0 Å². The zero-order valence-electron chi connectivity index (χ0n) is 10.1. The maximum atomic E-state index is 11.8. The molecule has 0 amide bonds. The van der Waals surface area contributed by atoms with Crippen molar-refractivity contribution in [3.05, 3.63) is 0 Å². The highest BCUT2D eigenvalue weighted by molar-refractivity contribution is 7.80. The predicted octanol–water partition coefficient (Wildman–Crippen LogP) is 3.94. The maximum absolute atomic E-state index is 11.8. The average Bonchev–Trinajstić information content (AvgIpc) is 2.07. The van der Waals surface area contributed by atoms with Gasteiger partial charge in [0, 0.05) is 13.0 Å². The molecule has 1 nitrogen and oxygen atoms in total. The fraction of sp³-hybridized carbons (Fsp3) is 1.00. The van der Waals surface area contributed by atoms with Crippen LogP contribution in [0.25, 0.3) is 0 Å². The van der Waals surface area contributed by atoms with Crippen molar-refractivity contribution < 1.29 is 17.9 Å². The van der Waals surface area contributed by atoms with Gasteiger partial charge in [0.2, 0.25) is 0 Å². The minimum Gasteiger partial charge on any atom is -0.381 e. The lowest BCUT2D eigenvalue weighted by atomic mass is 9.82. The molecule has 0 rings (SSSR count). The van der Waals surface area contributed by atoms with Gasteiger partial charge in [-0.3, -0.25) is 0 Å². The molecule has 0 aliphatic heterocycles. The van der Waals surface area contributed by atoms with Crippen molar-refractivity contribution in [1.82, 2.24) is 0 Å². The molecule has 0 fully saturated rings. The van der Waals surface area contributed by atoms with Gasteiger partial charge in [0.1, 0.15) is 0 Å². The van der Waals surface area contributed by atoms with E-state index in [9.17, 15) is 13.2 Å². The van der Waals surface area contributed by atoms with E-state index in [4.69, 9.17) is 4.74 Å². The first-order chi connectivity index (χ1) is 7.17. The lowest BCUT2D eigenvalue weighted by Crippen LogP contribution is -2.27. The van der Waals surface area contributed by atoms with Crippen molar-refractivity contribution in [3.63, 3.8) is 0 Å². The van der Waals surface area contributed by atoms with Crippen molar-refractivity contribution in [1.29, 1.82) is 0 Å². The summed E-state index contributed by atoms with van der Waals surface area (Å²) in [5.41, 5.74) is 0.0752. The summed E-state index contributed by atoms with van der Waals surface area (Å²) >= 11 is 4.22. The van der Waals surface area contributed by atoms with E-state index in [2.05, 4.69) is 33.4 Å². The maximum Gasteiger partial charge on any atom is 0.389 e. The van der Waals surface area contributed by atoms with E-state index in [-0.39, 0.29) is 24.4 Å². The van der Waals surface area contributed by atoms with Gasteiger partial charge in [0.15, 0.2) is 0 Å². The summed E-state index contributed by atoms with van der Waals surface area (Å²) in [7, 11) is 0. The van der Waals surface area contributed by atoms with Crippen LogP contribution in [-0.4, -0.2) is 25.1 Å². The molecule has 0 aliphatic carbocycles. The summed E-state index contributed by atoms with van der Waals surface area (Å²) in [6.45, 7) is 6.87. The number of thiol groups is 1. The average molecular weight is 258 g/mol. The summed E-state index contributed by atoms with van der Waals surface area (Å²) in [5, 5.41) is 0. The molecule has 1 unspecified atom stereocenters. The van der Waals surface area contributed by atoms with E-state index in [0.717, 1.165) is 0 Å². The van der Waals surface area contributed by atoms with Crippen LogP contribution in [0.4, 0.5) is 13.2 Å². The van der Waals surface area contributed by atoms with Gasteiger partial charge in [0.05, 0.1) is 6.61 Å². The van der Waals surface area contributed by atoms with Crippen molar-refractivity contribution in [3.8, 4) is 0 Å². The molecule has 0 heterocycles. The summed E-state index contributed by atoms with van der Waals surface area (Å²) in [5.74, 6) is 0.949. The van der Waals surface area contributed by atoms with Crippen LogP contribution < -0.4 is 0 Å². The highest BCUT2D eigenvalue weighted by atomic mass is 32.1. The minimum atomic E-state index is -4.07. The molecular weight excluding hydrogens is 237 g/mol. The molecular formula is C11H21F3OS. The lowest BCUT2D eigenvalue weighted by Gasteiger charge is -2.29. The zero-order valence-corrected chi connectivity index (χ0v) is 11.0. The molecule has 5 heteroatoms. The standard InChI is InChI=1S/C11H21F3OS/c1-10(2,3)9(8-16)7-15-6-4-5-11(12,13)14/h9,16H,4-8H2,1-3H3. The van der Waals surface area contributed by atoms with Crippen LogP contribution >= 0.6 is 12.6 Å². The fourth-order valence-electron chi connectivity index (χ4n) is 1.18. The number of rotatable bonds is 6. The first-order valence-corrected chi connectivity index (χ1v) is 6.05. The van der Waals surface area contributed by atoms with Gasteiger partial charge in [-0.1, -0.05) is 20.8 Å². The SMILES string of the molecule is CC(C)(C)C(CS)COCCCC(F)(F)F. The molecule has 0 saturated carbocycles. The highest BCUT2D eigenvalue weighted by Crippen LogP contribution is 2.27. The van der Waals surface area contributed by atoms with Crippen LogP contribution in [0.3, 0.4) is 0 Å². The second-order valence-electron chi connectivity index (χ2n) is 5.04. The normalized spacial score (nSPS) is 15.2. The quantitative estimate of drug-likeness (QED) is 0.561. The lowest BCUT2D eigenvalue weighted by molar-refractivity contribution is -0.138. The Labute approximate surface area is 101 Å². The van der Waals surface area contributed by atoms with Crippen molar-refractivity contribution in [2.24, 2.45) is 11.3 Å². The van der Waals surface area contributed by atoms with E-state index >= 15 is 0 Å². The Morgan fingerprint density at radius 3 is 2.12 bits per heavy atom. The Morgan fingerprint density at radius 2 is 1.75 bits per heavy atom. The number of halogens is 3. The number of hydrogen-bond donors (Lipinski definition) is 1. The summed E-state index contributed by atoms with van der Waals surface area (Å²) in [6, 6.07) is 0. The van der Waals surface area contributed by atoms with Gasteiger partial charge in [-0.05, 0) is 23.5 Å². The van der Waals surface area contributed by atoms with Crippen molar-refractivity contribution >= 4 is 12.6 Å². The third-order valence-corrected chi connectivity index (χ3v) is 2.95. The smallest absolute Gasteiger partial charge is 0.381 e. The van der Waals surface area contributed by atoms with E-state index in [0.29, 0.717) is 12.4 Å². The van der Waals surface area contributed by atoms with Gasteiger partial charge < -0.3 is 4.74 Å². The molecule has 0 aromatic carbocycles. The van der Waals surface area contributed by atoms with Crippen LogP contribution in [0.5, 0.6) is 0 Å². The Hall–Kier alpha value is 0.100. The molecule has 0 spiro atoms. The van der Waals surface area contributed by atoms with Crippen molar-refractivity contribution in [2.45, 2.75) is 39.8 Å². The Kier molecular flexibility index (Phi) is 6.79. The molecule has 0 radical (unpaired) electrons. The van der Waals surface area contributed by atoms with Crippen LogP contribution in [0.1, 0.15) is 33.6 Å². The van der Waals surface area contributed by atoms with Crippen LogP contribution in [-0.2, 0) is 4.74 Å². The van der Waals surface area contributed by atoms with E-state index < -0.39 is 12.6 Å². The van der Waals surface area contributed by atoms with E-state index in [1.54, 1.807) is 0 Å². The summed E-state index contributed by atoms with van der Waals surface area (Å²) in [4.78, 5) is 0. The number of hydrogen-bond acceptors (Lipinski definition) is 2. The molecule has 0 saturated heterocycles. The minimum absolute atomic E-state index is 0.0347. The molecule has 0 bridgehead atoms. The number of ether oxygens (including phenoxy) is 1. The molecule has 98 valence electrons. The Balaban J connectivity index is 3.65. The molecule has 1 atom stereocenters. The molecule has 0 aromatic rings. The molecule has 16 heavy (non-hydrogen) atoms. The Bertz CT molecular complexity index is 187. The largest absolute Gasteiger partial charge is 0.389 e. The second kappa shape index (κ2) is 6.74. The zero-order chi connectivity index (χ0) is 12.8. The fourth-order valence-corrected chi connectivity index (χ4v) is 1.83. The van der Waals surface area contributed by atoms with Gasteiger partial charge in [-0.15, -0.1) is 0 Å². The molecule has 0 aliphatic rings. The predicted molar refractivity (Wildman–Crippen MR) is 62.9 cm³/mol. The van der Waals surface area contributed by atoms with Crippen LogP contribution in [0.15, 0.2) is 0 Å². The first-order valence-electron chi connectivity index (χ1n) is 5.42. The van der Waals surface area contributed by atoms with Crippen LogP contribution in [0, 0.1) is 11.3 Å². The van der Waals surface area contributed by atoms with Crippen molar-refractivity contribution in [2.75, 3.05) is 19.0 Å². The topological polar surface area (TPSA) is 9.23 Å². The third kappa shape index (κ3) is 8.28. The highest BCUT2D eigenvalue weighted by Gasteiger charge is 2.26. The second-order valence-corrected chi connectivity index (χ2v) is 5.40. The Morgan fingerprint density at radius 1 is 1.19 bits per heavy atom. The molecule has 0 N–H and O–H groups in total. The van der Waals surface area contributed by atoms with E-state index in [1.165, 1.54) is 0 Å². The van der Waals surface area contributed by atoms with E-state index in [1.807, 2.05) is 0 Å². The van der Waals surface area contributed by atoms with Crippen LogP contribution in [0.2, 0.25) is 0 Å². The van der Waals surface area contributed by atoms with Gasteiger partial charge in [-0.25, -0.2) is 0 Å². The first kappa shape index (κ1) is 16.1. The monoisotopic (exact) mass is 258 g/mol. The third-order valence-electron chi connectivity index (χ3n) is 2.51. The van der Waals surface area contributed by atoms with Gasteiger partial charge >= 0.3 is 6.18 Å².